The fourth-order valence-corrected chi connectivity index (χ4v) is 4.17. The first-order chi connectivity index (χ1) is 12.2. The second kappa shape index (κ2) is 10.6. The molecule has 3 rings (SSSR count). The van der Waals surface area contributed by atoms with Crippen molar-refractivity contribution in [1.82, 2.24) is 20.1 Å². The summed E-state index contributed by atoms with van der Waals surface area (Å²) in [6.45, 7) is 7.95. The van der Waals surface area contributed by atoms with E-state index in [0.29, 0.717) is 0 Å². The lowest BCUT2D eigenvalue weighted by Crippen LogP contribution is -2.42. The van der Waals surface area contributed by atoms with Gasteiger partial charge in [-0.15, -0.1) is 35.3 Å². The molecule has 148 valence electrons. The van der Waals surface area contributed by atoms with Gasteiger partial charge in [0.1, 0.15) is 0 Å². The fraction of sp³-hybridized carbons (Fsp3) is 0.765. The van der Waals surface area contributed by atoms with Gasteiger partial charge < -0.3 is 19.9 Å². The summed E-state index contributed by atoms with van der Waals surface area (Å²) < 4.78 is 5.44. The molecule has 0 spiro atoms. The van der Waals surface area contributed by atoms with Gasteiger partial charge in [-0.2, -0.15) is 0 Å². The van der Waals surface area contributed by atoms with Gasteiger partial charge in [0.05, 0.1) is 25.5 Å². The van der Waals surface area contributed by atoms with Gasteiger partial charge in [0.25, 0.3) is 0 Å². The Morgan fingerprint density at radius 2 is 2.15 bits per heavy atom. The van der Waals surface area contributed by atoms with Gasteiger partial charge in [-0.05, 0) is 12.3 Å². The van der Waals surface area contributed by atoms with E-state index in [4.69, 9.17) is 4.74 Å². The van der Waals surface area contributed by atoms with E-state index in [2.05, 4.69) is 30.5 Å². The topological polar surface area (TPSA) is 56.2 Å². The van der Waals surface area contributed by atoms with Gasteiger partial charge in [-0.25, -0.2) is 4.98 Å². The predicted octanol–water partition coefficient (Wildman–Crippen LogP) is 1.56. The molecule has 1 unspecified atom stereocenters. The zero-order valence-corrected chi connectivity index (χ0v) is 19.1. The van der Waals surface area contributed by atoms with E-state index in [1.165, 1.54) is 13.0 Å². The van der Waals surface area contributed by atoms with Gasteiger partial charge in [0.15, 0.2) is 11.1 Å². The predicted molar refractivity (Wildman–Crippen MR) is 119 cm³/mol. The SMILES string of the molecule is CN=C(NCc1csc(N(C)C)n1)N1CCC(CN2CCOCC2)C1.I. The van der Waals surface area contributed by atoms with Crippen LogP contribution in [0.2, 0.25) is 0 Å². The minimum absolute atomic E-state index is 0. The summed E-state index contributed by atoms with van der Waals surface area (Å²) in [7, 11) is 5.91. The van der Waals surface area contributed by atoms with E-state index in [0.717, 1.165) is 68.6 Å². The number of aliphatic imine (C=N–C) groups is 1. The molecule has 1 atom stereocenters. The molecule has 0 radical (unpaired) electrons. The van der Waals surface area contributed by atoms with Crippen molar-refractivity contribution in [3.05, 3.63) is 11.1 Å². The number of hydrogen-bond acceptors (Lipinski definition) is 6. The largest absolute Gasteiger partial charge is 0.379 e. The molecule has 2 fully saturated rings. The second-order valence-corrected chi connectivity index (χ2v) is 7.77. The zero-order valence-electron chi connectivity index (χ0n) is 16.0. The van der Waals surface area contributed by atoms with Crippen LogP contribution in [0.3, 0.4) is 0 Å². The van der Waals surface area contributed by atoms with Crippen LogP contribution in [0, 0.1) is 5.92 Å². The Bertz CT molecular complexity index is 575. The van der Waals surface area contributed by atoms with Crippen LogP contribution >= 0.6 is 35.3 Å². The molecule has 2 saturated heterocycles. The first kappa shape index (κ1) is 21.6. The van der Waals surface area contributed by atoms with Crippen LogP contribution in [-0.4, -0.2) is 87.8 Å². The third kappa shape index (κ3) is 5.93. The van der Waals surface area contributed by atoms with E-state index >= 15 is 0 Å². The Kier molecular flexibility index (Phi) is 8.85. The lowest BCUT2D eigenvalue weighted by atomic mass is 10.1. The monoisotopic (exact) mass is 494 g/mol. The highest BCUT2D eigenvalue weighted by Gasteiger charge is 2.27. The third-order valence-corrected chi connectivity index (χ3v) is 5.82. The van der Waals surface area contributed by atoms with Crippen LogP contribution in [0.1, 0.15) is 12.1 Å². The lowest BCUT2D eigenvalue weighted by Gasteiger charge is -2.29. The summed E-state index contributed by atoms with van der Waals surface area (Å²) in [6.07, 6.45) is 1.24. The van der Waals surface area contributed by atoms with Crippen LogP contribution in [0.15, 0.2) is 10.4 Å². The first-order valence-electron chi connectivity index (χ1n) is 9.03. The summed E-state index contributed by atoms with van der Waals surface area (Å²) in [5, 5.41) is 6.62. The fourth-order valence-electron chi connectivity index (χ4n) is 3.41. The summed E-state index contributed by atoms with van der Waals surface area (Å²) in [5.74, 6) is 1.71. The molecule has 2 aliphatic heterocycles. The van der Waals surface area contributed by atoms with Gasteiger partial charge >= 0.3 is 0 Å². The Morgan fingerprint density at radius 3 is 2.81 bits per heavy atom. The Hall–Kier alpha value is -0.650. The van der Waals surface area contributed by atoms with Crippen molar-refractivity contribution < 1.29 is 4.74 Å². The second-order valence-electron chi connectivity index (χ2n) is 6.93. The van der Waals surface area contributed by atoms with Crippen molar-refractivity contribution in [3.8, 4) is 0 Å². The highest BCUT2D eigenvalue weighted by Crippen LogP contribution is 2.20. The quantitative estimate of drug-likeness (QED) is 0.381. The highest BCUT2D eigenvalue weighted by molar-refractivity contribution is 14.0. The molecule has 0 aromatic carbocycles. The van der Waals surface area contributed by atoms with Crippen molar-refractivity contribution in [2.45, 2.75) is 13.0 Å². The van der Waals surface area contributed by atoms with Gasteiger partial charge in [0.2, 0.25) is 0 Å². The van der Waals surface area contributed by atoms with Crippen molar-refractivity contribution in [2.75, 3.05) is 72.0 Å². The van der Waals surface area contributed by atoms with E-state index < -0.39 is 0 Å². The molecule has 9 heteroatoms. The van der Waals surface area contributed by atoms with Gasteiger partial charge in [-0.3, -0.25) is 9.89 Å². The van der Waals surface area contributed by atoms with E-state index in [-0.39, 0.29) is 24.0 Å². The number of nitrogens with one attached hydrogen (secondary N) is 1. The first-order valence-corrected chi connectivity index (χ1v) is 9.91. The lowest BCUT2D eigenvalue weighted by molar-refractivity contribution is 0.0315. The summed E-state index contributed by atoms with van der Waals surface area (Å²) >= 11 is 1.67. The Labute approximate surface area is 177 Å². The Morgan fingerprint density at radius 1 is 1.38 bits per heavy atom. The molecule has 0 bridgehead atoms. The molecule has 2 aliphatic rings. The minimum atomic E-state index is 0. The number of nitrogens with zero attached hydrogens (tertiary/aromatic N) is 5. The maximum Gasteiger partial charge on any atom is 0.193 e. The molecule has 7 nitrogen and oxygen atoms in total. The van der Waals surface area contributed by atoms with Crippen LogP contribution in [0.25, 0.3) is 0 Å². The third-order valence-electron chi connectivity index (χ3n) is 4.77. The van der Waals surface area contributed by atoms with Crippen LogP contribution in [0.5, 0.6) is 0 Å². The van der Waals surface area contributed by atoms with E-state index in [1.54, 1.807) is 11.3 Å². The van der Waals surface area contributed by atoms with Crippen LogP contribution in [0.4, 0.5) is 5.13 Å². The molecule has 0 saturated carbocycles. The number of aromatic nitrogens is 1. The average Bonchev–Trinajstić information content (AvgIpc) is 3.26. The van der Waals surface area contributed by atoms with Gasteiger partial charge in [0, 0.05) is 59.2 Å². The molecular formula is C17H31IN6OS. The smallest absolute Gasteiger partial charge is 0.193 e. The number of halogens is 1. The van der Waals surface area contributed by atoms with Crippen molar-refractivity contribution in [2.24, 2.45) is 10.9 Å². The summed E-state index contributed by atoms with van der Waals surface area (Å²) in [5.41, 5.74) is 1.07. The number of thiazole rings is 1. The Balaban J connectivity index is 0.00000243. The molecular weight excluding hydrogens is 463 g/mol. The highest BCUT2D eigenvalue weighted by atomic mass is 127. The van der Waals surface area contributed by atoms with Crippen LogP contribution < -0.4 is 10.2 Å². The molecule has 1 N–H and O–H groups in total. The number of rotatable bonds is 5. The number of morpholine rings is 1. The standard InChI is InChI=1S/C17H30N6OS.HI/c1-18-16(19-10-15-13-25-17(20-15)21(2)3)23-5-4-14(12-23)11-22-6-8-24-9-7-22;/h13-14H,4-12H2,1-3H3,(H,18,19);1H. The van der Waals surface area contributed by atoms with Crippen molar-refractivity contribution >= 4 is 46.4 Å². The van der Waals surface area contributed by atoms with E-state index in [1.807, 2.05) is 26.0 Å². The zero-order chi connectivity index (χ0) is 17.6. The van der Waals surface area contributed by atoms with E-state index in [9.17, 15) is 0 Å². The summed E-state index contributed by atoms with van der Waals surface area (Å²) in [6, 6.07) is 0. The summed E-state index contributed by atoms with van der Waals surface area (Å²) in [4.78, 5) is 16.1. The molecule has 0 amide bonds. The minimum Gasteiger partial charge on any atom is -0.379 e. The number of likely N-dealkylation sites (tertiary alicyclic amines) is 1. The van der Waals surface area contributed by atoms with Gasteiger partial charge in [-0.1, -0.05) is 0 Å². The number of ether oxygens (including phenoxy) is 1. The normalized spacial score (nSPS) is 21.6. The van der Waals surface area contributed by atoms with Crippen molar-refractivity contribution in [1.29, 1.82) is 0 Å². The molecule has 0 aliphatic carbocycles. The average molecular weight is 494 g/mol. The molecule has 3 heterocycles. The van der Waals surface area contributed by atoms with Crippen molar-refractivity contribution in [3.63, 3.8) is 0 Å². The maximum absolute atomic E-state index is 5.44. The molecule has 26 heavy (non-hydrogen) atoms. The molecule has 1 aromatic heterocycles. The number of guanidine groups is 1. The number of anilines is 1. The number of hydrogen-bond donors (Lipinski definition) is 1. The maximum atomic E-state index is 5.44. The molecule has 1 aromatic rings. The van der Waals surface area contributed by atoms with Crippen LogP contribution in [-0.2, 0) is 11.3 Å².